The Hall–Kier alpha value is -4.77. The van der Waals surface area contributed by atoms with E-state index in [1.807, 2.05) is 36.4 Å². The van der Waals surface area contributed by atoms with Crippen LogP contribution in [0.25, 0.3) is 10.9 Å². The number of aromatic amines is 1. The van der Waals surface area contributed by atoms with E-state index in [0.29, 0.717) is 12.2 Å². The summed E-state index contributed by atoms with van der Waals surface area (Å²) in [5.74, 6) is -1.91. The number of para-hydroxylation sites is 2. The Bertz CT molecular complexity index is 1700. The molecule has 0 aliphatic carbocycles. The van der Waals surface area contributed by atoms with Crippen molar-refractivity contribution in [3.05, 3.63) is 95.2 Å². The van der Waals surface area contributed by atoms with Crippen LogP contribution in [0.5, 0.6) is 5.75 Å². The average molecular weight is 571 g/mol. The monoisotopic (exact) mass is 570 g/mol. The van der Waals surface area contributed by atoms with Gasteiger partial charge in [0.15, 0.2) is 0 Å². The highest BCUT2D eigenvalue weighted by Crippen LogP contribution is 2.45. The number of nitrogens with zero attached hydrogens (tertiary/aromatic N) is 2. The highest BCUT2D eigenvalue weighted by atomic mass is 32.1. The number of carboxylic acid groups (broad SMARTS) is 1. The predicted octanol–water partition coefficient (Wildman–Crippen LogP) is 3.77. The van der Waals surface area contributed by atoms with Crippen molar-refractivity contribution in [1.82, 2.24) is 15.2 Å². The standard InChI is InChI=1S/C30H26N4O6S/c1-40-17-12-10-16(11-13-17)26-25-20(18-6-2-4-8-21(18)31-25)14-24-28(36)34(30(39)33(24)26)23-9-5-3-7-19(23)27(35)32-22(15-41)29(37)38/h2-13,22,24,26,31,41H,14-15H2,1H3,(H,32,35)(H,37,38)/t22-,24-,26+/m0/s1. The molecule has 6 rings (SSSR count). The van der Waals surface area contributed by atoms with Gasteiger partial charge in [-0.05, 0) is 41.5 Å². The quantitative estimate of drug-likeness (QED) is 0.198. The van der Waals surface area contributed by atoms with Crippen molar-refractivity contribution in [3.8, 4) is 5.75 Å². The van der Waals surface area contributed by atoms with E-state index in [4.69, 9.17) is 4.74 Å². The molecule has 4 aromatic rings. The molecule has 41 heavy (non-hydrogen) atoms. The molecule has 3 atom stereocenters. The first-order chi connectivity index (χ1) is 19.8. The van der Waals surface area contributed by atoms with Crippen molar-refractivity contribution < 1.29 is 29.0 Å². The van der Waals surface area contributed by atoms with E-state index in [2.05, 4.69) is 22.9 Å². The molecule has 1 aromatic heterocycles. The van der Waals surface area contributed by atoms with Gasteiger partial charge in [-0.15, -0.1) is 0 Å². The van der Waals surface area contributed by atoms with Crippen LogP contribution in [-0.2, 0) is 16.0 Å². The predicted molar refractivity (Wildman–Crippen MR) is 155 cm³/mol. The second-order valence-corrected chi connectivity index (χ2v) is 10.3. The third kappa shape index (κ3) is 4.29. The fraction of sp³-hybridized carbons (Fsp3) is 0.200. The van der Waals surface area contributed by atoms with Gasteiger partial charge in [0.1, 0.15) is 23.9 Å². The molecule has 1 saturated heterocycles. The van der Waals surface area contributed by atoms with Crippen molar-refractivity contribution >= 4 is 53.0 Å². The summed E-state index contributed by atoms with van der Waals surface area (Å²) in [6.07, 6.45) is 0.294. The van der Waals surface area contributed by atoms with Gasteiger partial charge >= 0.3 is 12.0 Å². The Kier molecular flexibility index (Phi) is 6.66. The van der Waals surface area contributed by atoms with Crippen LogP contribution >= 0.6 is 12.6 Å². The summed E-state index contributed by atoms with van der Waals surface area (Å²) in [5, 5.41) is 12.8. The molecule has 0 bridgehead atoms. The van der Waals surface area contributed by atoms with Gasteiger partial charge in [0.05, 0.1) is 18.4 Å². The minimum atomic E-state index is -1.24. The SMILES string of the molecule is COc1ccc([C@@H]2c3[nH]c4ccccc4c3C[C@H]3C(=O)N(c4ccccc4C(=O)N[C@@H](CS)C(=O)O)C(=O)N23)cc1. The molecule has 208 valence electrons. The van der Waals surface area contributed by atoms with E-state index in [1.54, 1.807) is 36.3 Å². The minimum Gasteiger partial charge on any atom is -0.497 e. The number of amides is 4. The lowest BCUT2D eigenvalue weighted by molar-refractivity contribution is -0.138. The maximum atomic E-state index is 14.2. The number of anilines is 1. The fourth-order valence-electron chi connectivity index (χ4n) is 5.71. The number of ether oxygens (including phenoxy) is 1. The zero-order valence-electron chi connectivity index (χ0n) is 21.9. The Morgan fingerprint density at radius 1 is 1.07 bits per heavy atom. The number of imide groups is 1. The molecule has 0 saturated carbocycles. The van der Waals surface area contributed by atoms with E-state index >= 15 is 0 Å². The number of urea groups is 1. The zero-order chi connectivity index (χ0) is 28.8. The van der Waals surface area contributed by atoms with Crippen LogP contribution in [0.3, 0.4) is 0 Å². The number of fused-ring (bicyclic) bond motifs is 4. The summed E-state index contributed by atoms with van der Waals surface area (Å²) in [5.41, 5.74) is 3.56. The number of nitrogens with one attached hydrogen (secondary N) is 2. The van der Waals surface area contributed by atoms with Crippen LogP contribution in [0.1, 0.15) is 33.2 Å². The summed E-state index contributed by atoms with van der Waals surface area (Å²) in [7, 11) is 1.57. The summed E-state index contributed by atoms with van der Waals surface area (Å²) in [6, 6.07) is 18.1. The molecule has 0 radical (unpaired) electrons. The fourth-order valence-corrected chi connectivity index (χ4v) is 5.96. The maximum Gasteiger partial charge on any atom is 0.332 e. The number of carbonyl (C=O) groups excluding carboxylic acids is 3. The number of hydrogen-bond donors (Lipinski definition) is 4. The van der Waals surface area contributed by atoms with Gasteiger partial charge in [-0.1, -0.05) is 42.5 Å². The van der Waals surface area contributed by atoms with E-state index < -0.39 is 41.9 Å². The van der Waals surface area contributed by atoms with Gasteiger partial charge in [-0.3, -0.25) is 14.5 Å². The molecule has 3 heterocycles. The normalized spacial score (nSPS) is 18.7. The van der Waals surface area contributed by atoms with Crippen molar-refractivity contribution in [2.45, 2.75) is 24.5 Å². The molecular weight excluding hydrogens is 544 g/mol. The number of benzene rings is 3. The number of carboxylic acids is 1. The lowest BCUT2D eigenvalue weighted by atomic mass is 9.89. The molecule has 10 nitrogen and oxygen atoms in total. The second kappa shape index (κ2) is 10.3. The van der Waals surface area contributed by atoms with Crippen LogP contribution in [0.4, 0.5) is 10.5 Å². The van der Waals surface area contributed by atoms with Gasteiger partial charge in [-0.25, -0.2) is 14.5 Å². The molecule has 4 amide bonds. The highest BCUT2D eigenvalue weighted by Gasteiger charge is 2.53. The third-order valence-corrected chi connectivity index (χ3v) is 8.02. The molecule has 3 aromatic carbocycles. The Morgan fingerprint density at radius 3 is 2.49 bits per heavy atom. The first-order valence-corrected chi connectivity index (χ1v) is 13.6. The average Bonchev–Trinajstić information content (AvgIpc) is 3.48. The topological polar surface area (TPSA) is 132 Å². The number of aliphatic carboxylic acids is 1. The van der Waals surface area contributed by atoms with E-state index in [-0.39, 0.29) is 17.0 Å². The van der Waals surface area contributed by atoms with Gasteiger partial charge in [0.25, 0.3) is 11.8 Å². The Labute approximate surface area is 240 Å². The first kappa shape index (κ1) is 26.5. The molecule has 0 unspecified atom stereocenters. The van der Waals surface area contributed by atoms with E-state index in [0.717, 1.165) is 32.6 Å². The van der Waals surface area contributed by atoms with Crippen LogP contribution in [-0.4, -0.2) is 63.8 Å². The molecule has 11 heteroatoms. The largest absolute Gasteiger partial charge is 0.497 e. The molecule has 1 fully saturated rings. The van der Waals surface area contributed by atoms with Crippen LogP contribution < -0.4 is 15.0 Å². The molecule has 0 spiro atoms. The number of H-pyrrole nitrogens is 1. The third-order valence-electron chi connectivity index (χ3n) is 7.66. The van der Waals surface area contributed by atoms with E-state index in [9.17, 15) is 24.3 Å². The number of methoxy groups -OCH3 is 1. The molecular formula is C30H26N4O6S. The molecule has 3 N–H and O–H groups in total. The smallest absolute Gasteiger partial charge is 0.332 e. The number of thiol groups is 1. The number of carbonyl (C=O) groups is 4. The number of rotatable bonds is 7. The van der Waals surface area contributed by atoms with Crippen molar-refractivity contribution in [3.63, 3.8) is 0 Å². The van der Waals surface area contributed by atoms with Crippen molar-refractivity contribution in [2.75, 3.05) is 17.8 Å². The van der Waals surface area contributed by atoms with E-state index in [1.165, 1.54) is 12.1 Å². The van der Waals surface area contributed by atoms with Crippen LogP contribution in [0, 0.1) is 0 Å². The van der Waals surface area contributed by atoms with Crippen molar-refractivity contribution in [2.24, 2.45) is 0 Å². The van der Waals surface area contributed by atoms with Crippen LogP contribution in [0.15, 0.2) is 72.8 Å². The Balaban J connectivity index is 1.45. The minimum absolute atomic E-state index is 0.00653. The summed E-state index contributed by atoms with van der Waals surface area (Å²) in [4.78, 5) is 59.0. The maximum absolute atomic E-state index is 14.2. The number of aromatic nitrogens is 1. The number of hydrogen-bond acceptors (Lipinski definition) is 6. The van der Waals surface area contributed by atoms with Gasteiger partial charge < -0.3 is 20.1 Å². The van der Waals surface area contributed by atoms with Gasteiger partial charge in [0, 0.05) is 28.8 Å². The Morgan fingerprint density at radius 2 is 1.78 bits per heavy atom. The first-order valence-electron chi connectivity index (χ1n) is 13.0. The highest BCUT2D eigenvalue weighted by molar-refractivity contribution is 7.80. The summed E-state index contributed by atoms with van der Waals surface area (Å²) in [6.45, 7) is 0. The second-order valence-electron chi connectivity index (χ2n) is 9.89. The lowest BCUT2D eigenvalue weighted by Crippen LogP contribution is -2.44. The van der Waals surface area contributed by atoms with Crippen LogP contribution in [0.2, 0.25) is 0 Å². The summed E-state index contributed by atoms with van der Waals surface area (Å²) >= 11 is 4.01. The molecule has 2 aliphatic rings. The van der Waals surface area contributed by atoms with Gasteiger partial charge in [0.2, 0.25) is 0 Å². The molecule has 2 aliphatic heterocycles. The van der Waals surface area contributed by atoms with Gasteiger partial charge in [-0.2, -0.15) is 12.6 Å². The lowest BCUT2D eigenvalue weighted by Gasteiger charge is -2.36. The van der Waals surface area contributed by atoms with Crippen molar-refractivity contribution in [1.29, 1.82) is 0 Å². The zero-order valence-corrected chi connectivity index (χ0v) is 22.8. The summed E-state index contributed by atoms with van der Waals surface area (Å²) < 4.78 is 5.33.